The molecule has 74 valence electrons. The molecule has 14 heavy (non-hydrogen) atoms. The monoisotopic (exact) mass is 191 g/mol. The van der Waals surface area contributed by atoms with E-state index in [0.717, 1.165) is 0 Å². The molecule has 0 heterocycles. The first-order valence-electron chi connectivity index (χ1n) is 4.42. The predicted molar refractivity (Wildman–Crippen MR) is 56.2 cm³/mol. The van der Waals surface area contributed by atoms with Gasteiger partial charge in [0.2, 0.25) is 5.91 Å². The molecule has 0 aliphatic heterocycles. The number of nitrogens with one attached hydrogen (secondary N) is 1. The molecule has 0 saturated carbocycles. The summed E-state index contributed by atoms with van der Waals surface area (Å²) in [5.74, 6) is 0.0713. The topological polar surface area (TPSA) is 49.3 Å². The minimum Gasteiger partial charge on any atom is -0.508 e. The Labute approximate surface area is 83.1 Å². The van der Waals surface area contributed by atoms with Gasteiger partial charge in [-0.15, -0.1) is 6.58 Å². The van der Waals surface area contributed by atoms with E-state index in [1.54, 1.807) is 24.3 Å². The molecular formula is C11H13NO2. The molecular weight excluding hydrogens is 178 g/mol. The van der Waals surface area contributed by atoms with Crippen LogP contribution in [-0.4, -0.2) is 11.0 Å². The fourth-order valence-electron chi connectivity index (χ4n) is 1.04. The lowest BCUT2D eigenvalue weighted by Crippen LogP contribution is -2.10. The molecule has 0 fully saturated rings. The molecule has 0 unspecified atom stereocenters. The van der Waals surface area contributed by atoms with E-state index in [2.05, 4.69) is 11.9 Å². The number of allylic oxidation sites excluding steroid dienone is 1. The molecule has 3 nitrogen and oxygen atoms in total. The van der Waals surface area contributed by atoms with Crippen LogP contribution in [0.15, 0.2) is 36.9 Å². The van der Waals surface area contributed by atoms with E-state index >= 15 is 0 Å². The molecule has 0 spiro atoms. The van der Waals surface area contributed by atoms with Crippen molar-refractivity contribution in [3.05, 3.63) is 36.9 Å². The standard InChI is InChI=1S/C11H13NO2/c1-2-3-7-11(14)12-9-5-4-6-10(13)8-9/h2,4-6,8,13H,1,3,7H2,(H,12,14). The Hall–Kier alpha value is -1.77. The minimum absolute atomic E-state index is 0.0736. The number of carbonyl (C=O) groups is 1. The SMILES string of the molecule is C=CCCC(=O)Nc1cccc(O)c1. The van der Waals surface area contributed by atoms with Crippen LogP contribution in [0.25, 0.3) is 0 Å². The number of amides is 1. The highest BCUT2D eigenvalue weighted by Gasteiger charge is 2.00. The van der Waals surface area contributed by atoms with E-state index < -0.39 is 0 Å². The Morgan fingerprint density at radius 3 is 3.00 bits per heavy atom. The van der Waals surface area contributed by atoms with E-state index in [4.69, 9.17) is 5.11 Å². The molecule has 2 N–H and O–H groups in total. The van der Waals surface area contributed by atoms with Crippen LogP contribution in [0.3, 0.4) is 0 Å². The molecule has 1 aromatic carbocycles. The number of anilines is 1. The van der Waals surface area contributed by atoms with Crippen LogP contribution >= 0.6 is 0 Å². The van der Waals surface area contributed by atoms with Gasteiger partial charge in [-0.1, -0.05) is 12.1 Å². The lowest BCUT2D eigenvalue weighted by atomic mass is 10.2. The number of carbonyl (C=O) groups excluding carboxylic acids is 1. The summed E-state index contributed by atoms with van der Waals surface area (Å²) in [5, 5.41) is 11.8. The van der Waals surface area contributed by atoms with Crippen molar-refractivity contribution in [2.24, 2.45) is 0 Å². The number of rotatable bonds is 4. The Morgan fingerprint density at radius 2 is 2.36 bits per heavy atom. The van der Waals surface area contributed by atoms with Gasteiger partial charge in [-0.2, -0.15) is 0 Å². The van der Waals surface area contributed by atoms with E-state index in [1.807, 2.05) is 0 Å². The zero-order valence-corrected chi connectivity index (χ0v) is 7.86. The average Bonchev–Trinajstić information content (AvgIpc) is 2.15. The van der Waals surface area contributed by atoms with Crippen LogP contribution in [-0.2, 0) is 4.79 Å². The molecule has 0 saturated heterocycles. The van der Waals surface area contributed by atoms with Crippen molar-refractivity contribution in [2.75, 3.05) is 5.32 Å². The Bertz CT molecular complexity index is 334. The average molecular weight is 191 g/mol. The molecule has 0 bridgehead atoms. The molecule has 1 rings (SSSR count). The zero-order valence-electron chi connectivity index (χ0n) is 7.86. The van der Waals surface area contributed by atoms with Crippen LogP contribution in [0.2, 0.25) is 0 Å². The second-order valence-corrected chi connectivity index (χ2v) is 2.93. The third-order valence-corrected chi connectivity index (χ3v) is 1.71. The summed E-state index contributed by atoms with van der Waals surface area (Å²) in [6, 6.07) is 6.47. The first kappa shape index (κ1) is 10.3. The highest BCUT2D eigenvalue weighted by Crippen LogP contribution is 2.15. The number of hydrogen-bond donors (Lipinski definition) is 2. The van der Waals surface area contributed by atoms with Crippen molar-refractivity contribution in [2.45, 2.75) is 12.8 Å². The van der Waals surface area contributed by atoms with Crippen LogP contribution in [0.1, 0.15) is 12.8 Å². The first-order valence-corrected chi connectivity index (χ1v) is 4.42. The summed E-state index contributed by atoms with van der Waals surface area (Å²) in [7, 11) is 0. The fourth-order valence-corrected chi connectivity index (χ4v) is 1.04. The third-order valence-electron chi connectivity index (χ3n) is 1.71. The summed E-state index contributed by atoms with van der Waals surface area (Å²) in [6.45, 7) is 3.53. The van der Waals surface area contributed by atoms with Crippen LogP contribution in [0.5, 0.6) is 5.75 Å². The van der Waals surface area contributed by atoms with Crippen LogP contribution < -0.4 is 5.32 Å². The van der Waals surface area contributed by atoms with Gasteiger partial charge in [0, 0.05) is 18.2 Å². The summed E-state index contributed by atoms with van der Waals surface area (Å²) >= 11 is 0. The van der Waals surface area contributed by atoms with Crippen LogP contribution in [0, 0.1) is 0 Å². The van der Waals surface area contributed by atoms with E-state index in [-0.39, 0.29) is 11.7 Å². The molecule has 3 heteroatoms. The lowest BCUT2D eigenvalue weighted by Gasteiger charge is -2.03. The second-order valence-electron chi connectivity index (χ2n) is 2.93. The van der Waals surface area contributed by atoms with Crippen molar-refractivity contribution < 1.29 is 9.90 Å². The Kier molecular flexibility index (Phi) is 3.73. The normalized spacial score (nSPS) is 9.43. The summed E-state index contributed by atoms with van der Waals surface area (Å²) in [4.78, 5) is 11.2. The van der Waals surface area contributed by atoms with Crippen molar-refractivity contribution >= 4 is 11.6 Å². The molecule has 0 atom stereocenters. The molecule has 0 radical (unpaired) electrons. The number of phenols is 1. The van der Waals surface area contributed by atoms with Crippen molar-refractivity contribution in [3.8, 4) is 5.75 Å². The Morgan fingerprint density at radius 1 is 1.57 bits per heavy atom. The second kappa shape index (κ2) is 5.07. The largest absolute Gasteiger partial charge is 0.508 e. The zero-order chi connectivity index (χ0) is 10.4. The Balaban J connectivity index is 2.51. The molecule has 0 aliphatic carbocycles. The smallest absolute Gasteiger partial charge is 0.224 e. The number of benzene rings is 1. The fraction of sp³-hybridized carbons (Fsp3) is 0.182. The van der Waals surface area contributed by atoms with Gasteiger partial charge in [0.15, 0.2) is 0 Å². The van der Waals surface area contributed by atoms with E-state index in [9.17, 15) is 4.79 Å². The number of hydrogen-bond acceptors (Lipinski definition) is 2. The van der Waals surface area contributed by atoms with E-state index in [1.165, 1.54) is 6.07 Å². The summed E-state index contributed by atoms with van der Waals surface area (Å²) in [5.41, 5.74) is 0.610. The predicted octanol–water partition coefficient (Wildman–Crippen LogP) is 2.30. The number of phenolic OH excluding ortho intramolecular Hbond substituents is 1. The van der Waals surface area contributed by atoms with Gasteiger partial charge in [-0.3, -0.25) is 4.79 Å². The maximum Gasteiger partial charge on any atom is 0.224 e. The molecule has 0 aromatic heterocycles. The van der Waals surface area contributed by atoms with Crippen molar-refractivity contribution in [1.29, 1.82) is 0 Å². The summed E-state index contributed by atoms with van der Waals surface area (Å²) < 4.78 is 0. The molecule has 1 aromatic rings. The van der Waals surface area contributed by atoms with Gasteiger partial charge in [0.05, 0.1) is 0 Å². The van der Waals surface area contributed by atoms with Gasteiger partial charge in [-0.25, -0.2) is 0 Å². The van der Waals surface area contributed by atoms with Crippen molar-refractivity contribution in [3.63, 3.8) is 0 Å². The van der Waals surface area contributed by atoms with Gasteiger partial charge in [0.25, 0.3) is 0 Å². The highest BCUT2D eigenvalue weighted by molar-refractivity contribution is 5.90. The molecule has 1 amide bonds. The van der Waals surface area contributed by atoms with Gasteiger partial charge in [0.1, 0.15) is 5.75 Å². The summed E-state index contributed by atoms with van der Waals surface area (Å²) in [6.07, 6.45) is 2.77. The minimum atomic E-state index is -0.0736. The number of aromatic hydroxyl groups is 1. The first-order chi connectivity index (χ1) is 6.72. The van der Waals surface area contributed by atoms with Gasteiger partial charge in [-0.05, 0) is 18.6 Å². The quantitative estimate of drug-likeness (QED) is 0.717. The maximum absolute atomic E-state index is 11.2. The van der Waals surface area contributed by atoms with Crippen LogP contribution in [0.4, 0.5) is 5.69 Å². The maximum atomic E-state index is 11.2. The third kappa shape index (κ3) is 3.31. The van der Waals surface area contributed by atoms with Gasteiger partial charge >= 0.3 is 0 Å². The highest BCUT2D eigenvalue weighted by atomic mass is 16.3. The lowest BCUT2D eigenvalue weighted by molar-refractivity contribution is -0.116. The van der Waals surface area contributed by atoms with Gasteiger partial charge < -0.3 is 10.4 Å². The van der Waals surface area contributed by atoms with E-state index in [0.29, 0.717) is 18.5 Å². The molecule has 0 aliphatic rings. The van der Waals surface area contributed by atoms with Crippen molar-refractivity contribution in [1.82, 2.24) is 0 Å².